The molecule has 1 aliphatic rings. The van der Waals surface area contributed by atoms with Crippen molar-refractivity contribution in [3.63, 3.8) is 0 Å². The molecule has 21 heavy (non-hydrogen) atoms. The van der Waals surface area contributed by atoms with Crippen LogP contribution in [0.15, 0.2) is 18.2 Å². The van der Waals surface area contributed by atoms with Gasteiger partial charge in [0.15, 0.2) is 0 Å². The number of nitro groups is 1. The van der Waals surface area contributed by atoms with Crippen LogP contribution in [0.2, 0.25) is 0 Å². The van der Waals surface area contributed by atoms with Crippen molar-refractivity contribution in [3.8, 4) is 0 Å². The standard InChI is InChI=1S/C14H19N3O4/c1-2-15-12-5-3-4-11(13(12)17(20)21)14(19)16-7-6-10(8-16)9-18/h3-5,10,15,18H,2,6-9H2,1H3. The van der Waals surface area contributed by atoms with E-state index in [0.717, 1.165) is 6.42 Å². The van der Waals surface area contributed by atoms with E-state index in [4.69, 9.17) is 5.11 Å². The maximum Gasteiger partial charge on any atom is 0.305 e. The number of anilines is 1. The molecule has 0 bridgehead atoms. The van der Waals surface area contributed by atoms with Crippen LogP contribution in [0.3, 0.4) is 0 Å². The zero-order valence-corrected chi connectivity index (χ0v) is 11.9. The number of para-hydroxylation sites is 1. The molecule has 1 saturated heterocycles. The van der Waals surface area contributed by atoms with Gasteiger partial charge in [0.1, 0.15) is 11.3 Å². The molecule has 1 heterocycles. The van der Waals surface area contributed by atoms with Crippen LogP contribution < -0.4 is 5.32 Å². The molecule has 1 aromatic rings. The average Bonchev–Trinajstić information content (AvgIpc) is 2.95. The summed E-state index contributed by atoms with van der Waals surface area (Å²) in [6.45, 7) is 3.37. The Labute approximate surface area is 122 Å². The predicted octanol–water partition coefficient (Wildman–Crippen LogP) is 1.48. The van der Waals surface area contributed by atoms with Crippen LogP contribution in [0, 0.1) is 16.0 Å². The molecule has 1 aromatic carbocycles. The molecule has 7 nitrogen and oxygen atoms in total. The SMILES string of the molecule is CCNc1cccc(C(=O)N2CCC(CO)C2)c1[N+](=O)[O-]. The number of hydrogen-bond acceptors (Lipinski definition) is 5. The van der Waals surface area contributed by atoms with Crippen molar-refractivity contribution in [2.24, 2.45) is 5.92 Å². The minimum Gasteiger partial charge on any atom is -0.396 e. The Morgan fingerprint density at radius 2 is 2.33 bits per heavy atom. The van der Waals surface area contributed by atoms with Crippen molar-refractivity contribution in [3.05, 3.63) is 33.9 Å². The first-order valence-corrected chi connectivity index (χ1v) is 6.99. The smallest absolute Gasteiger partial charge is 0.305 e. The van der Waals surface area contributed by atoms with Gasteiger partial charge in [-0.2, -0.15) is 0 Å². The number of aliphatic hydroxyl groups excluding tert-OH is 1. The zero-order valence-electron chi connectivity index (χ0n) is 11.9. The third kappa shape index (κ3) is 3.13. The first-order chi connectivity index (χ1) is 10.1. The Morgan fingerprint density at radius 3 is 2.90 bits per heavy atom. The van der Waals surface area contributed by atoms with Crippen LogP contribution in [0.5, 0.6) is 0 Å². The second-order valence-corrected chi connectivity index (χ2v) is 5.08. The van der Waals surface area contributed by atoms with Gasteiger partial charge in [0.2, 0.25) is 0 Å². The fourth-order valence-electron chi connectivity index (χ4n) is 2.58. The van der Waals surface area contributed by atoms with Crippen LogP contribution in [-0.4, -0.2) is 47.1 Å². The highest BCUT2D eigenvalue weighted by atomic mass is 16.6. The van der Waals surface area contributed by atoms with Crippen molar-refractivity contribution in [2.45, 2.75) is 13.3 Å². The van der Waals surface area contributed by atoms with E-state index in [1.54, 1.807) is 17.0 Å². The van der Waals surface area contributed by atoms with Gasteiger partial charge in [-0.1, -0.05) is 6.07 Å². The Balaban J connectivity index is 2.32. The third-order valence-electron chi connectivity index (χ3n) is 3.65. The molecule has 1 aliphatic heterocycles. The van der Waals surface area contributed by atoms with E-state index in [1.165, 1.54) is 6.07 Å². The molecular formula is C14H19N3O4. The summed E-state index contributed by atoms with van der Waals surface area (Å²) in [5, 5.41) is 23.4. The van der Waals surface area contributed by atoms with Crippen molar-refractivity contribution in [1.29, 1.82) is 0 Å². The third-order valence-corrected chi connectivity index (χ3v) is 3.65. The molecule has 1 amide bonds. The van der Waals surface area contributed by atoms with Gasteiger partial charge in [0, 0.05) is 32.2 Å². The first kappa shape index (κ1) is 15.2. The summed E-state index contributed by atoms with van der Waals surface area (Å²) < 4.78 is 0. The minimum atomic E-state index is -0.523. The van der Waals surface area contributed by atoms with Crippen LogP contribution in [0.25, 0.3) is 0 Å². The summed E-state index contributed by atoms with van der Waals surface area (Å²) in [4.78, 5) is 24.9. The normalized spacial score (nSPS) is 17.8. The zero-order chi connectivity index (χ0) is 15.4. The average molecular weight is 293 g/mol. The Morgan fingerprint density at radius 1 is 1.57 bits per heavy atom. The minimum absolute atomic E-state index is 0.0311. The molecule has 0 aliphatic carbocycles. The van der Waals surface area contributed by atoms with E-state index < -0.39 is 4.92 Å². The van der Waals surface area contributed by atoms with Gasteiger partial charge < -0.3 is 15.3 Å². The lowest BCUT2D eigenvalue weighted by Crippen LogP contribution is -2.29. The van der Waals surface area contributed by atoms with Gasteiger partial charge in [-0.3, -0.25) is 14.9 Å². The van der Waals surface area contributed by atoms with Crippen molar-refractivity contribution < 1.29 is 14.8 Å². The van der Waals surface area contributed by atoms with Gasteiger partial charge >= 0.3 is 5.69 Å². The van der Waals surface area contributed by atoms with Gasteiger partial charge in [-0.15, -0.1) is 0 Å². The van der Waals surface area contributed by atoms with Gasteiger partial charge in [0.05, 0.1) is 4.92 Å². The molecule has 0 spiro atoms. The number of hydrogen-bond donors (Lipinski definition) is 2. The summed E-state index contributed by atoms with van der Waals surface area (Å²) in [6, 6.07) is 4.71. The number of aliphatic hydroxyl groups is 1. The molecule has 1 fully saturated rings. The molecule has 0 saturated carbocycles. The first-order valence-electron chi connectivity index (χ1n) is 6.99. The fourth-order valence-corrected chi connectivity index (χ4v) is 2.58. The molecule has 0 radical (unpaired) electrons. The highest BCUT2D eigenvalue weighted by Gasteiger charge is 2.31. The molecular weight excluding hydrogens is 274 g/mol. The summed E-state index contributed by atoms with van der Waals surface area (Å²) in [5.74, 6) is -0.289. The lowest BCUT2D eigenvalue weighted by atomic mass is 10.1. The maximum absolute atomic E-state index is 12.5. The second kappa shape index (κ2) is 6.53. The number of likely N-dealkylation sites (tertiary alicyclic amines) is 1. The number of benzene rings is 1. The maximum atomic E-state index is 12.5. The van der Waals surface area contributed by atoms with E-state index in [-0.39, 0.29) is 29.7 Å². The number of carbonyl (C=O) groups is 1. The van der Waals surface area contributed by atoms with Crippen LogP contribution in [-0.2, 0) is 0 Å². The molecule has 0 aromatic heterocycles. The quantitative estimate of drug-likeness (QED) is 0.633. The Hall–Kier alpha value is -2.15. The lowest BCUT2D eigenvalue weighted by Gasteiger charge is -2.17. The molecule has 1 unspecified atom stereocenters. The summed E-state index contributed by atoms with van der Waals surface area (Å²) in [6.07, 6.45) is 0.725. The van der Waals surface area contributed by atoms with Gasteiger partial charge in [-0.05, 0) is 25.5 Å². The number of nitrogens with one attached hydrogen (secondary N) is 1. The molecule has 7 heteroatoms. The molecule has 1 atom stereocenters. The highest BCUT2D eigenvalue weighted by molar-refractivity contribution is 6.00. The van der Waals surface area contributed by atoms with E-state index in [2.05, 4.69) is 5.32 Å². The fraction of sp³-hybridized carbons (Fsp3) is 0.500. The number of amides is 1. The number of rotatable bonds is 5. The lowest BCUT2D eigenvalue weighted by molar-refractivity contribution is -0.384. The Kier molecular flexibility index (Phi) is 4.74. The van der Waals surface area contributed by atoms with E-state index >= 15 is 0 Å². The number of nitro benzene ring substituents is 1. The van der Waals surface area contributed by atoms with E-state index in [1.807, 2.05) is 6.92 Å². The number of carbonyl (C=O) groups excluding carboxylic acids is 1. The van der Waals surface area contributed by atoms with Crippen molar-refractivity contribution in [2.75, 3.05) is 31.6 Å². The van der Waals surface area contributed by atoms with E-state index in [9.17, 15) is 14.9 Å². The summed E-state index contributed by atoms with van der Waals surface area (Å²) in [5.41, 5.74) is 0.264. The van der Waals surface area contributed by atoms with Crippen molar-refractivity contribution in [1.82, 2.24) is 4.90 Å². The second-order valence-electron chi connectivity index (χ2n) is 5.08. The van der Waals surface area contributed by atoms with Crippen LogP contribution >= 0.6 is 0 Å². The monoisotopic (exact) mass is 293 g/mol. The topological polar surface area (TPSA) is 95.7 Å². The van der Waals surface area contributed by atoms with E-state index in [0.29, 0.717) is 25.3 Å². The van der Waals surface area contributed by atoms with Gasteiger partial charge in [-0.25, -0.2) is 0 Å². The molecule has 2 N–H and O–H groups in total. The van der Waals surface area contributed by atoms with Crippen LogP contribution in [0.1, 0.15) is 23.7 Å². The molecule has 114 valence electrons. The summed E-state index contributed by atoms with van der Waals surface area (Å²) >= 11 is 0. The van der Waals surface area contributed by atoms with Crippen LogP contribution in [0.4, 0.5) is 11.4 Å². The largest absolute Gasteiger partial charge is 0.396 e. The molecule has 2 rings (SSSR count). The highest BCUT2D eigenvalue weighted by Crippen LogP contribution is 2.30. The van der Waals surface area contributed by atoms with Crippen molar-refractivity contribution >= 4 is 17.3 Å². The van der Waals surface area contributed by atoms with Gasteiger partial charge in [0.25, 0.3) is 5.91 Å². The summed E-state index contributed by atoms with van der Waals surface area (Å²) in [7, 11) is 0. The predicted molar refractivity (Wildman–Crippen MR) is 78.4 cm³/mol. The Bertz CT molecular complexity index is 547. The number of nitrogens with zero attached hydrogens (tertiary/aromatic N) is 2.